The summed E-state index contributed by atoms with van der Waals surface area (Å²) in [5.74, 6) is 0.114. The van der Waals surface area contributed by atoms with Crippen LogP contribution in [0.2, 0.25) is 0 Å². The van der Waals surface area contributed by atoms with Crippen LogP contribution >= 0.6 is 0 Å². The van der Waals surface area contributed by atoms with Crippen molar-refractivity contribution in [3.8, 4) is 5.75 Å². The molecule has 5 nitrogen and oxygen atoms in total. The summed E-state index contributed by atoms with van der Waals surface area (Å²) >= 11 is 0. The summed E-state index contributed by atoms with van der Waals surface area (Å²) in [6.07, 6.45) is 0. The molecule has 0 heterocycles. The first-order chi connectivity index (χ1) is 9.17. The average Bonchev–Trinajstić information content (AvgIpc) is 2.46. The molecule has 0 radical (unpaired) electrons. The number of nitrogens with zero attached hydrogens (tertiary/aromatic N) is 1. The first kappa shape index (κ1) is 15.3. The second kappa shape index (κ2) is 7.63. The summed E-state index contributed by atoms with van der Waals surface area (Å²) in [7, 11) is 4.57. The van der Waals surface area contributed by atoms with E-state index in [0.717, 1.165) is 18.8 Å². The number of benzene rings is 1. The monoisotopic (exact) mass is 267 g/mol. The van der Waals surface area contributed by atoms with Gasteiger partial charge in [-0.1, -0.05) is 0 Å². The zero-order valence-electron chi connectivity index (χ0n) is 11.9. The van der Waals surface area contributed by atoms with Crippen molar-refractivity contribution in [2.45, 2.75) is 6.92 Å². The molecule has 0 atom stereocenters. The van der Waals surface area contributed by atoms with Crippen LogP contribution in [0.5, 0.6) is 5.75 Å². The largest absolute Gasteiger partial charge is 0.496 e. The highest BCUT2D eigenvalue weighted by Gasteiger charge is 2.14. The molecule has 1 aromatic rings. The van der Waals surface area contributed by atoms with E-state index in [0.29, 0.717) is 17.9 Å². The molecule has 0 saturated carbocycles. The van der Waals surface area contributed by atoms with Crippen molar-refractivity contribution in [1.82, 2.24) is 0 Å². The van der Waals surface area contributed by atoms with Gasteiger partial charge in [0, 0.05) is 32.0 Å². The third-order valence-electron chi connectivity index (χ3n) is 2.90. The van der Waals surface area contributed by atoms with Gasteiger partial charge in [0.05, 0.1) is 20.8 Å². The van der Waals surface area contributed by atoms with Gasteiger partial charge in [-0.3, -0.25) is 0 Å². The van der Waals surface area contributed by atoms with Gasteiger partial charge in [0.25, 0.3) is 0 Å². The average molecular weight is 267 g/mol. The second-order valence-electron chi connectivity index (χ2n) is 3.95. The molecule has 0 aliphatic carbocycles. The van der Waals surface area contributed by atoms with Crippen LogP contribution in [0.25, 0.3) is 0 Å². The third-order valence-corrected chi connectivity index (χ3v) is 2.90. The Labute approximate surface area is 114 Å². The Bertz CT molecular complexity index is 420. The van der Waals surface area contributed by atoms with E-state index in [-0.39, 0.29) is 0 Å². The van der Waals surface area contributed by atoms with Crippen LogP contribution in [-0.2, 0) is 9.47 Å². The van der Waals surface area contributed by atoms with E-state index in [2.05, 4.69) is 11.8 Å². The molecule has 0 aromatic heterocycles. The van der Waals surface area contributed by atoms with Crippen molar-refractivity contribution in [3.05, 3.63) is 23.8 Å². The molecule has 0 unspecified atom stereocenters. The van der Waals surface area contributed by atoms with E-state index in [4.69, 9.17) is 14.2 Å². The Morgan fingerprint density at radius 1 is 1.26 bits per heavy atom. The van der Waals surface area contributed by atoms with Crippen LogP contribution in [0.1, 0.15) is 17.3 Å². The van der Waals surface area contributed by atoms with Crippen molar-refractivity contribution in [1.29, 1.82) is 0 Å². The number of likely N-dealkylation sites (N-methyl/N-ethyl adjacent to an activating group) is 1. The fraction of sp³-hybridized carbons (Fsp3) is 0.500. The van der Waals surface area contributed by atoms with E-state index < -0.39 is 5.97 Å². The van der Waals surface area contributed by atoms with Crippen LogP contribution in [-0.4, -0.2) is 47.0 Å². The maximum atomic E-state index is 11.6. The molecule has 0 aliphatic rings. The van der Waals surface area contributed by atoms with E-state index in [9.17, 15) is 4.79 Å². The fourth-order valence-electron chi connectivity index (χ4n) is 1.83. The minimum Gasteiger partial charge on any atom is -0.496 e. The standard InChI is InChI=1S/C14H21NO4/c1-5-15(8-9-17-2)11-6-7-12(14(16)19-4)13(10-11)18-3/h6-7,10H,5,8-9H2,1-4H3. The van der Waals surface area contributed by atoms with E-state index >= 15 is 0 Å². The Hall–Kier alpha value is -1.75. The quantitative estimate of drug-likeness (QED) is 0.707. The molecule has 1 aromatic carbocycles. The molecule has 0 amide bonds. The Morgan fingerprint density at radius 3 is 2.53 bits per heavy atom. The Morgan fingerprint density at radius 2 is 2.00 bits per heavy atom. The zero-order chi connectivity index (χ0) is 14.3. The molecule has 0 fully saturated rings. The number of ether oxygens (including phenoxy) is 3. The fourth-order valence-corrected chi connectivity index (χ4v) is 1.83. The van der Waals surface area contributed by atoms with Crippen molar-refractivity contribution in [3.63, 3.8) is 0 Å². The minimum absolute atomic E-state index is 0.400. The first-order valence-electron chi connectivity index (χ1n) is 6.18. The lowest BCUT2D eigenvalue weighted by molar-refractivity contribution is 0.0597. The number of hydrogen-bond donors (Lipinski definition) is 0. The van der Waals surface area contributed by atoms with Crippen molar-refractivity contribution in [2.75, 3.05) is 45.9 Å². The topological polar surface area (TPSA) is 48.0 Å². The third kappa shape index (κ3) is 3.86. The molecule has 106 valence electrons. The highest BCUT2D eigenvalue weighted by atomic mass is 16.5. The number of anilines is 1. The molecule has 5 heteroatoms. The SMILES string of the molecule is CCN(CCOC)c1ccc(C(=O)OC)c(OC)c1. The highest BCUT2D eigenvalue weighted by molar-refractivity contribution is 5.93. The molecular formula is C14H21NO4. The van der Waals surface area contributed by atoms with Crippen molar-refractivity contribution >= 4 is 11.7 Å². The Kier molecular flexibility index (Phi) is 6.15. The summed E-state index contributed by atoms with van der Waals surface area (Å²) < 4.78 is 15.1. The van der Waals surface area contributed by atoms with Gasteiger partial charge >= 0.3 is 5.97 Å². The lowest BCUT2D eigenvalue weighted by atomic mass is 10.1. The summed E-state index contributed by atoms with van der Waals surface area (Å²) in [6.45, 7) is 4.35. The molecule has 0 aliphatic heterocycles. The summed E-state index contributed by atoms with van der Waals surface area (Å²) in [4.78, 5) is 13.7. The van der Waals surface area contributed by atoms with Gasteiger partial charge < -0.3 is 19.1 Å². The van der Waals surface area contributed by atoms with Gasteiger partial charge in [-0.05, 0) is 19.1 Å². The molecule has 0 bridgehead atoms. The minimum atomic E-state index is -0.400. The summed E-state index contributed by atoms with van der Waals surface area (Å²) in [6, 6.07) is 5.44. The number of esters is 1. The molecular weight excluding hydrogens is 246 g/mol. The van der Waals surface area contributed by atoms with E-state index in [1.54, 1.807) is 13.2 Å². The number of carbonyl (C=O) groups is 1. The predicted octanol–water partition coefficient (Wildman–Crippen LogP) is 1.95. The first-order valence-corrected chi connectivity index (χ1v) is 6.18. The van der Waals surface area contributed by atoms with Gasteiger partial charge in [0.1, 0.15) is 11.3 Å². The maximum absolute atomic E-state index is 11.6. The van der Waals surface area contributed by atoms with Crippen LogP contribution in [0, 0.1) is 0 Å². The lowest BCUT2D eigenvalue weighted by Gasteiger charge is -2.23. The van der Waals surface area contributed by atoms with Crippen LogP contribution < -0.4 is 9.64 Å². The summed E-state index contributed by atoms with van der Waals surface area (Å²) in [5.41, 5.74) is 1.42. The molecule has 0 saturated heterocycles. The predicted molar refractivity (Wildman–Crippen MR) is 74.1 cm³/mol. The number of rotatable bonds is 7. The smallest absolute Gasteiger partial charge is 0.341 e. The molecule has 1 rings (SSSR count). The highest BCUT2D eigenvalue weighted by Crippen LogP contribution is 2.26. The number of carbonyl (C=O) groups excluding carboxylic acids is 1. The normalized spacial score (nSPS) is 10.1. The zero-order valence-corrected chi connectivity index (χ0v) is 11.9. The van der Waals surface area contributed by atoms with Crippen molar-refractivity contribution in [2.24, 2.45) is 0 Å². The molecule has 0 spiro atoms. The van der Waals surface area contributed by atoms with Crippen LogP contribution in [0.15, 0.2) is 18.2 Å². The Balaban J connectivity index is 3.00. The lowest BCUT2D eigenvalue weighted by Crippen LogP contribution is -2.26. The van der Waals surface area contributed by atoms with Gasteiger partial charge in [0.2, 0.25) is 0 Å². The van der Waals surface area contributed by atoms with Crippen LogP contribution in [0.4, 0.5) is 5.69 Å². The maximum Gasteiger partial charge on any atom is 0.341 e. The second-order valence-corrected chi connectivity index (χ2v) is 3.95. The van der Waals surface area contributed by atoms with E-state index in [1.165, 1.54) is 14.2 Å². The molecule has 19 heavy (non-hydrogen) atoms. The number of methoxy groups -OCH3 is 3. The van der Waals surface area contributed by atoms with E-state index in [1.807, 2.05) is 12.1 Å². The number of hydrogen-bond acceptors (Lipinski definition) is 5. The van der Waals surface area contributed by atoms with Gasteiger partial charge in [0.15, 0.2) is 0 Å². The molecule has 0 N–H and O–H groups in total. The van der Waals surface area contributed by atoms with Gasteiger partial charge in [-0.2, -0.15) is 0 Å². The van der Waals surface area contributed by atoms with Gasteiger partial charge in [-0.25, -0.2) is 4.79 Å². The van der Waals surface area contributed by atoms with Gasteiger partial charge in [-0.15, -0.1) is 0 Å². The summed E-state index contributed by atoms with van der Waals surface area (Å²) in [5, 5.41) is 0. The van der Waals surface area contributed by atoms with Crippen molar-refractivity contribution < 1.29 is 19.0 Å². The van der Waals surface area contributed by atoms with Crippen LogP contribution in [0.3, 0.4) is 0 Å².